The number of hydrogen-bond donors (Lipinski definition) is 2. The first-order chi connectivity index (χ1) is 13.6. The van der Waals surface area contributed by atoms with Gasteiger partial charge in [0.1, 0.15) is 0 Å². The number of aryl methyl sites for hydroxylation is 1. The van der Waals surface area contributed by atoms with Crippen molar-refractivity contribution < 1.29 is 9.59 Å². The van der Waals surface area contributed by atoms with Crippen LogP contribution in [0.3, 0.4) is 0 Å². The third-order valence-corrected chi connectivity index (χ3v) is 4.94. The average Bonchev–Trinajstić information content (AvgIpc) is 2.71. The Bertz CT molecular complexity index is 769. The first kappa shape index (κ1) is 20.0. The minimum Gasteiger partial charge on any atom is -0.347 e. The lowest BCUT2D eigenvalue weighted by molar-refractivity contribution is -0.136. The van der Waals surface area contributed by atoms with Crippen LogP contribution in [-0.2, 0) is 16.1 Å². The fraction of sp³-hybridized carbons (Fsp3) is 0.364. The summed E-state index contributed by atoms with van der Waals surface area (Å²) in [6, 6.07) is 17.9. The maximum atomic E-state index is 12.0. The molecular weight excluding hydrogens is 352 g/mol. The molecule has 3 rings (SSSR count). The largest absolute Gasteiger partial charge is 0.347 e. The third-order valence-electron chi connectivity index (χ3n) is 4.94. The molecular formula is C22H28N4O2. The number of amides is 2. The maximum absolute atomic E-state index is 12.0. The van der Waals surface area contributed by atoms with Gasteiger partial charge in [-0.3, -0.25) is 19.4 Å². The molecule has 0 bridgehead atoms. The molecule has 6 heteroatoms. The van der Waals surface area contributed by atoms with Gasteiger partial charge < -0.3 is 10.6 Å². The molecule has 2 aromatic rings. The van der Waals surface area contributed by atoms with E-state index in [0.717, 1.165) is 44.8 Å². The van der Waals surface area contributed by atoms with Crippen LogP contribution < -0.4 is 10.6 Å². The summed E-state index contributed by atoms with van der Waals surface area (Å²) in [4.78, 5) is 28.7. The predicted octanol–water partition coefficient (Wildman–Crippen LogP) is 1.87. The normalized spacial score (nSPS) is 15.2. The minimum atomic E-state index is -0.628. The average molecular weight is 380 g/mol. The number of carbonyl (C=O) groups excluding carboxylic acids is 2. The molecule has 0 aromatic heterocycles. The summed E-state index contributed by atoms with van der Waals surface area (Å²) in [6.07, 6.45) is 0. The van der Waals surface area contributed by atoms with Gasteiger partial charge in [0.2, 0.25) is 0 Å². The highest BCUT2D eigenvalue weighted by molar-refractivity contribution is 6.39. The summed E-state index contributed by atoms with van der Waals surface area (Å²) >= 11 is 0. The Morgan fingerprint density at radius 3 is 2.18 bits per heavy atom. The zero-order chi connectivity index (χ0) is 19.8. The van der Waals surface area contributed by atoms with Crippen LogP contribution >= 0.6 is 0 Å². The number of anilines is 1. The van der Waals surface area contributed by atoms with Crippen molar-refractivity contribution in [3.8, 4) is 0 Å². The topological polar surface area (TPSA) is 64.7 Å². The zero-order valence-corrected chi connectivity index (χ0v) is 16.4. The lowest BCUT2D eigenvalue weighted by Crippen LogP contribution is -2.48. The van der Waals surface area contributed by atoms with E-state index < -0.39 is 11.8 Å². The summed E-state index contributed by atoms with van der Waals surface area (Å²) in [5.74, 6) is -1.22. The second kappa shape index (κ2) is 10.0. The second-order valence-electron chi connectivity index (χ2n) is 7.18. The summed E-state index contributed by atoms with van der Waals surface area (Å²) in [5.41, 5.74) is 3.06. The van der Waals surface area contributed by atoms with Gasteiger partial charge in [-0.15, -0.1) is 0 Å². The lowest BCUT2D eigenvalue weighted by Gasteiger charge is -2.34. The van der Waals surface area contributed by atoms with Crippen LogP contribution in [0.5, 0.6) is 0 Å². The summed E-state index contributed by atoms with van der Waals surface area (Å²) < 4.78 is 0. The molecule has 0 saturated carbocycles. The Kier molecular flexibility index (Phi) is 7.17. The minimum absolute atomic E-state index is 0.471. The molecule has 0 aliphatic carbocycles. The van der Waals surface area contributed by atoms with Gasteiger partial charge in [0, 0.05) is 51.5 Å². The quantitative estimate of drug-likeness (QED) is 0.751. The van der Waals surface area contributed by atoms with Crippen molar-refractivity contribution in [3.05, 3.63) is 65.7 Å². The molecule has 28 heavy (non-hydrogen) atoms. The molecule has 148 valence electrons. The van der Waals surface area contributed by atoms with Gasteiger partial charge in [0.15, 0.2) is 0 Å². The first-order valence-corrected chi connectivity index (χ1v) is 9.74. The van der Waals surface area contributed by atoms with E-state index in [1.54, 1.807) is 12.1 Å². The molecule has 0 spiro atoms. The number of rotatable bonds is 6. The van der Waals surface area contributed by atoms with Crippen molar-refractivity contribution in [3.63, 3.8) is 0 Å². The number of hydrogen-bond acceptors (Lipinski definition) is 4. The van der Waals surface area contributed by atoms with Crippen LogP contribution in [0, 0.1) is 6.92 Å². The molecule has 0 atom stereocenters. The van der Waals surface area contributed by atoms with Crippen LogP contribution in [-0.4, -0.2) is 60.9 Å². The van der Waals surface area contributed by atoms with Gasteiger partial charge in [-0.25, -0.2) is 0 Å². The number of piperazine rings is 1. The fourth-order valence-electron chi connectivity index (χ4n) is 3.25. The molecule has 1 saturated heterocycles. The molecule has 1 aliphatic heterocycles. The van der Waals surface area contributed by atoms with Gasteiger partial charge in [0.25, 0.3) is 0 Å². The van der Waals surface area contributed by atoms with Crippen molar-refractivity contribution in [2.75, 3.05) is 44.6 Å². The number of nitrogens with one attached hydrogen (secondary N) is 2. The predicted molar refractivity (Wildman–Crippen MR) is 111 cm³/mol. The number of carbonyl (C=O) groups is 2. The van der Waals surface area contributed by atoms with Crippen molar-refractivity contribution in [2.45, 2.75) is 13.5 Å². The van der Waals surface area contributed by atoms with E-state index >= 15 is 0 Å². The molecule has 1 aliphatic rings. The van der Waals surface area contributed by atoms with E-state index in [0.29, 0.717) is 12.2 Å². The van der Waals surface area contributed by atoms with Crippen molar-refractivity contribution in [1.82, 2.24) is 15.1 Å². The monoisotopic (exact) mass is 380 g/mol. The van der Waals surface area contributed by atoms with Crippen LogP contribution in [0.1, 0.15) is 11.1 Å². The van der Waals surface area contributed by atoms with E-state index in [1.807, 2.05) is 25.1 Å². The fourth-order valence-corrected chi connectivity index (χ4v) is 3.25. The van der Waals surface area contributed by atoms with Crippen LogP contribution in [0.15, 0.2) is 54.6 Å². The second-order valence-corrected chi connectivity index (χ2v) is 7.18. The summed E-state index contributed by atoms with van der Waals surface area (Å²) in [7, 11) is 0. The highest BCUT2D eigenvalue weighted by Gasteiger charge is 2.18. The molecule has 1 heterocycles. The molecule has 0 unspecified atom stereocenters. The highest BCUT2D eigenvalue weighted by Crippen LogP contribution is 2.09. The Hall–Kier alpha value is -2.70. The lowest BCUT2D eigenvalue weighted by atomic mass is 10.2. The highest BCUT2D eigenvalue weighted by atomic mass is 16.2. The molecule has 0 radical (unpaired) electrons. The first-order valence-electron chi connectivity index (χ1n) is 9.74. The van der Waals surface area contributed by atoms with E-state index in [-0.39, 0.29) is 0 Å². The standard InChI is InChI=1S/C22H28N4O2/c1-18-7-9-20(10-8-18)24-22(28)21(27)23-11-12-25-13-15-26(16-14-25)17-19-5-3-2-4-6-19/h2-10H,11-17H2,1H3,(H,23,27)(H,24,28). The SMILES string of the molecule is Cc1ccc(NC(=O)C(=O)NCCN2CCN(Cc3ccccc3)CC2)cc1. The molecule has 2 N–H and O–H groups in total. The van der Waals surface area contributed by atoms with E-state index in [4.69, 9.17) is 0 Å². The number of benzene rings is 2. The molecule has 2 amide bonds. The zero-order valence-electron chi connectivity index (χ0n) is 16.4. The van der Waals surface area contributed by atoms with E-state index in [9.17, 15) is 9.59 Å². The maximum Gasteiger partial charge on any atom is 0.313 e. The van der Waals surface area contributed by atoms with Gasteiger partial charge in [-0.2, -0.15) is 0 Å². The van der Waals surface area contributed by atoms with Gasteiger partial charge in [-0.1, -0.05) is 48.0 Å². The third kappa shape index (κ3) is 6.18. The van der Waals surface area contributed by atoms with Gasteiger partial charge >= 0.3 is 11.8 Å². The molecule has 2 aromatic carbocycles. The summed E-state index contributed by atoms with van der Waals surface area (Å²) in [6.45, 7) is 8.13. The van der Waals surface area contributed by atoms with E-state index in [1.165, 1.54) is 5.56 Å². The molecule has 1 fully saturated rings. The number of nitrogens with zero attached hydrogens (tertiary/aromatic N) is 2. The van der Waals surface area contributed by atoms with Crippen molar-refractivity contribution in [2.24, 2.45) is 0 Å². The van der Waals surface area contributed by atoms with E-state index in [2.05, 4.69) is 44.7 Å². The van der Waals surface area contributed by atoms with Gasteiger partial charge in [-0.05, 0) is 24.6 Å². The van der Waals surface area contributed by atoms with Gasteiger partial charge in [0.05, 0.1) is 0 Å². The van der Waals surface area contributed by atoms with Crippen LogP contribution in [0.25, 0.3) is 0 Å². The Labute approximate surface area is 166 Å². The molecule has 6 nitrogen and oxygen atoms in total. The van der Waals surface area contributed by atoms with Crippen molar-refractivity contribution >= 4 is 17.5 Å². The van der Waals surface area contributed by atoms with Crippen molar-refractivity contribution in [1.29, 1.82) is 0 Å². The Morgan fingerprint density at radius 1 is 0.857 bits per heavy atom. The van der Waals surface area contributed by atoms with Crippen LogP contribution in [0.4, 0.5) is 5.69 Å². The Balaban J connectivity index is 1.32. The smallest absolute Gasteiger partial charge is 0.313 e. The Morgan fingerprint density at radius 2 is 1.50 bits per heavy atom. The van der Waals surface area contributed by atoms with Crippen LogP contribution in [0.2, 0.25) is 0 Å². The summed E-state index contributed by atoms with van der Waals surface area (Å²) in [5, 5.41) is 5.32.